The quantitative estimate of drug-likeness (QED) is 0.856. The van der Waals surface area contributed by atoms with Crippen molar-refractivity contribution >= 4 is 5.91 Å². The van der Waals surface area contributed by atoms with E-state index in [9.17, 15) is 4.79 Å². The molecule has 4 nitrogen and oxygen atoms in total. The average Bonchev–Trinajstić information content (AvgIpc) is 2.90. The molecule has 1 aliphatic rings. The van der Waals surface area contributed by atoms with Gasteiger partial charge in [0.25, 0.3) is 0 Å². The third kappa shape index (κ3) is 3.81. The second-order valence-electron chi connectivity index (χ2n) is 4.97. The number of carbonyl (C=O) groups is 1. The van der Waals surface area contributed by atoms with Gasteiger partial charge in [0.2, 0.25) is 5.91 Å². The van der Waals surface area contributed by atoms with Crippen LogP contribution >= 0.6 is 0 Å². The zero-order valence-electron chi connectivity index (χ0n) is 10.9. The monoisotopic (exact) mass is 247 g/mol. The number of nitrogens with zero attached hydrogens (tertiary/aromatic N) is 2. The smallest absolute Gasteiger partial charge is 0.222 e. The molecule has 0 bridgehead atoms. The molecule has 98 valence electrons. The zero-order chi connectivity index (χ0) is 12.8. The number of hydrogen-bond donors (Lipinski definition) is 1. The van der Waals surface area contributed by atoms with Gasteiger partial charge in [-0.2, -0.15) is 0 Å². The fraction of sp³-hybridized carbons (Fsp3) is 0.571. The van der Waals surface area contributed by atoms with E-state index in [1.165, 1.54) is 6.42 Å². The van der Waals surface area contributed by atoms with Crippen LogP contribution in [0.2, 0.25) is 0 Å². The lowest BCUT2D eigenvalue weighted by Gasteiger charge is -2.17. The number of rotatable bonds is 5. The topological polar surface area (TPSA) is 45.2 Å². The van der Waals surface area contributed by atoms with E-state index in [1.54, 1.807) is 11.1 Å². The Morgan fingerprint density at radius 3 is 3.11 bits per heavy atom. The van der Waals surface area contributed by atoms with Crippen molar-refractivity contribution in [2.75, 3.05) is 20.1 Å². The molecule has 0 saturated carbocycles. The Hall–Kier alpha value is -1.42. The molecule has 18 heavy (non-hydrogen) atoms. The highest BCUT2D eigenvalue weighted by Gasteiger charge is 2.17. The van der Waals surface area contributed by atoms with Gasteiger partial charge in [-0.3, -0.25) is 9.78 Å². The van der Waals surface area contributed by atoms with E-state index in [1.807, 2.05) is 25.2 Å². The summed E-state index contributed by atoms with van der Waals surface area (Å²) in [7, 11) is 1.85. The molecule has 0 spiro atoms. The molecule has 1 aromatic heterocycles. The summed E-state index contributed by atoms with van der Waals surface area (Å²) < 4.78 is 0. The van der Waals surface area contributed by atoms with Crippen LogP contribution in [0.15, 0.2) is 24.4 Å². The summed E-state index contributed by atoms with van der Waals surface area (Å²) in [4.78, 5) is 18.0. The highest BCUT2D eigenvalue weighted by Crippen LogP contribution is 2.15. The van der Waals surface area contributed by atoms with Gasteiger partial charge in [-0.25, -0.2) is 0 Å². The van der Waals surface area contributed by atoms with Crippen LogP contribution in [0.3, 0.4) is 0 Å². The van der Waals surface area contributed by atoms with E-state index in [0.29, 0.717) is 18.9 Å². The molecular weight excluding hydrogens is 226 g/mol. The Morgan fingerprint density at radius 1 is 1.56 bits per heavy atom. The molecule has 1 fully saturated rings. The van der Waals surface area contributed by atoms with Gasteiger partial charge in [0.05, 0.1) is 12.2 Å². The van der Waals surface area contributed by atoms with Crippen LogP contribution in [0.25, 0.3) is 0 Å². The van der Waals surface area contributed by atoms with E-state index < -0.39 is 0 Å². The van der Waals surface area contributed by atoms with Crippen molar-refractivity contribution in [1.29, 1.82) is 0 Å². The van der Waals surface area contributed by atoms with Crippen LogP contribution < -0.4 is 5.32 Å². The number of carbonyl (C=O) groups excluding carboxylic acids is 1. The van der Waals surface area contributed by atoms with Crippen molar-refractivity contribution in [2.45, 2.75) is 25.8 Å². The molecule has 1 aromatic rings. The van der Waals surface area contributed by atoms with E-state index in [2.05, 4.69) is 10.3 Å². The first kappa shape index (κ1) is 13.0. The molecule has 2 heterocycles. The molecule has 1 unspecified atom stereocenters. The number of nitrogens with one attached hydrogen (secondary N) is 1. The van der Waals surface area contributed by atoms with E-state index >= 15 is 0 Å². The Bertz CT molecular complexity index is 374. The molecule has 1 N–H and O–H groups in total. The number of hydrogen-bond acceptors (Lipinski definition) is 3. The van der Waals surface area contributed by atoms with Crippen molar-refractivity contribution in [3.63, 3.8) is 0 Å². The number of amides is 1. The SMILES string of the molecule is CN(Cc1ccccn1)C(=O)CCC1CCNC1. The summed E-state index contributed by atoms with van der Waals surface area (Å²) in [6, 6.07) is 5.79. The van der Waals surface area contributed by atoms with Crippen LogP contribution in [0.1, 0.15) is 25.0 Å². The Labute approximate surface area is 108 Å². The van der Waals surface area contributed by atoms with Crippen molar-refractivity contribution in [1.82, 2.24) is 15.2 Å². The van der Waals surface area contributed by atoms with Gasteiger partial charge in [-0.05, 0) is 44.0 Å². The Kier molecular flexibility index (Phi) is 4.70. The first-order valence-corrected chi connectivity index (χ1v) is 6.60. The standard InChI is InChI=1S/C14H21N3O/c1-17(11-13-4-2-3-8-16-13)14(18)6-5-12-7-9-15-10-12/h2-4,8,12,15H,5-7,9-11H2,1H3. The first-order chi connectivity index (χ1) is 8.75. The molecule has 2 rings (SSSR count). The summed E-state index contributed by atoms with van der Waals surface area (Å²) in [5, 5.41) is 3.33. The molecule has 1 atom stereocenters. The van der Waals surface area contributed by atoms with Gasteiger partial charge in [0.15, 0.2) is 0 Å². The minimum atomic E-state index is 0.215. The maximum Gasteiger partial charge on any atom is 0.222 e. The maximum absolute atomic E-state index is 12.0. The summed E-state index contributed by atoms with van der Waals surface area (Å²) in [6.07, 6.45) is 4.61. The minimum absolute atomic E-state index is 0.215. The molecule has 4 heteroatoms. The lowest BCUT2D eigenvalue weighted by atomic mass is 10.0. The van der Waals surface area contributed by atoms with Crippen molar-refractivity contribution in [3.05, 3.63) is 30.1 Å². The van der Waals surface area contributed by atoms with Crippen molar-refractivity contribution in [3.8, 4) is 0 Å². The molecule has 1 amide bonds. The third-order valence-corrected chi connectivity index (χ3v) is 3.48. The highest BCUT2D eigenvalue weighted by molar-refractivity contribution is 5.75. The third-order valence-electron chi connectivity index (χ3n) is 3.48. The largest absolute Gasteiger partial charge is 0.340 e. The van der Waals surface area contributed by atoms with E-state index in [0.717, 1.165) is 25.2 Å². The lowest BCUT2D eigenvalue weighted by Crippen LogP contribution is -2.27. The van der Waals surface area contributed by atoms with Crippen molar-refractivity contribution < 1.29 is 4.79 Å². The van der Waals surface area contributed by atoms with Crippen LogP contribution in [0, 0.1) is 5.92 Å². The summed E-state index contributed by atoms with van der Waals surface area (Å²) in [6.45, 7) is 2.77. The number of aromatic nitrogens is 1. The molecule has 0 aromatic carbocycles. The summed E-state index contributed by atoms with van der Waals surface area (Å²) in [5.74, 6) is 0.893. The fourth-order valence-electron chi connectivity index (χ4n) is 2.30. The maximum atomic E-state index is 12.0. The lowest BCUT2D eigenvalue weighted by molar-refractivity contribution is -0.130. The van der Waals surface area contributed by atoms with Gasteiger partial charge < -0.3 is 10.2 Å². The minimum Gasteiger partial charge on any atom is -0.340 e. The average molecular weight is 247 g/mol. The van der Waals surface area contributed by atoms with Gasteiger partial charge in [-0.15, -0.1) is 0 Å². The predicted molar refractivity (Wildman–Crippen MR) is 70.9 cm³/mol. The second-order valence-corrected chi connectivity index (χ2v) is 4.97. The second kappa shape index (κ2) is 6.50. The Morgan fingerprint density at radius 2 is 2.44 bits per heavy atom. The normalized spacial score (nSPS) is 18.8. The molecule has 1 saturated heterocycles. The van der Waals surface area contributed by atoms with Crippen molar-refractivity contribution in [2.24, 2.45) is 5.92 Å². The van der Waals surface area contributed by atoms with Gasteiger partial charge in [0.1, 0.15) is 0 Å². The van der Waals surface area contributed by atoms with Crippen LogP contribution in [-0.4, -0.2) is 35.9 Å². The summed E-state index contributed by atoms with van der Waals surface area (Å²) in [5.41, 5.74) is 0.941. The molecule has 1 aliphatic heterocycles. The van der Waals surface area contributed by atoms with Gasteiger partial charge in [0, 0.05) is 19.7 Å². The van der Waals surface area contributed by atoms with Crippen LogP contribution in [-0.2, 0) is 11.3 Å². The molecular formula is C14H21N3O. The Balaban J connectivity index is 1.74. The molecule has 0 radical (unpaired) electrons. The molecule has 0 aliphatic carbocycles. The summed E-state index contributed by atoms with van der Waals surface area (Å²) >= 11 is 0. The van der Waals surface area contributed by atoms with Gasteiger partial charge >= 0.3 is 0 Å². The number of pyridine rings is 1. The highest BCUT2D eigenvalue weighted by atomic mass is 16.2. The van der Waals surface area contributed by atoms with Crippen LogP contribution in [0.4, 0.5) is 0 Å². The van der Waals surface area contributed by atoms with Gasteiger partial charge in [-0.1, -0.05) is 6.07 Å². The zero-order valence-corrected chi connectivity index (χ0v) is 10.9. The van der Waals surface area contributed by atoms with E-state index in [4.69, 9.17) is 0 Å². The fourth-order valence-corrected chi connectivity index (χ4v) is 2.30. The van der Waals surface area contributed by atoms with Crippen LogP contribution in [0.5, 0.6) is 0 Å². The van der Waals surface area contributed by atoms with E-state index in [-0.39, 0.29) is 5.91 Å². The predicted octanol–water partition coefficient (Wildman–Crippen LogP) is 1.43. The first-order valence-electron chi connectivity index (χ1n) is 6.60.